The SMILES string of the molecule is Nc1cc(C(=O)Nc2nc3ccsc3s2)cc(Cl)n1. The molecule has 3 aromatic rings. The Hall–Kier alpha value is -1.70. The number of aromatic nitrogens is 2. The number of hydrogen-bond acceptors (Lipinski definition) is 6. The lowest BCUT2D eigenvalue weighted by Crippen LogP contribution is -2.12. The van der Waals surface area contributed by atoms with E-state index in [1.165, 1.54) is 23.5 Å². The molecular formula is C11H7ClN4OS2. The third-order valence-electron chi connectivity index (χ3n) is 2.32. The summed E-state index contributed by atoms with van der Waals surface area (Å²) in [5.74, 6) is -0.102. The van der Waals surface area contributed by atoms with Crippen molar-refractivity contribution >= 4 is 60.7 Å². The van der Waals surface area contributed by atoms with Crippen molar-refractivity contribution in [3.05, 3.63) is 34.3 Å². The van der Waals surface area contributed by atoms with Gasteiger partial charge in [-0.15, -0.1) is 11.3 Å². The van der Waals surface area contributed by atoms with Gasteiger partial charge < -0.3 is 5.73 Å². The predicted octanol–water partition coefficient (Wildman–Crippen LogP) is 3.24. The number of fused-ring (bicyclic) bond motifs is 1. The molecule has 0 aliphatic heterocycles. The van der Waals surface area contributed by atoms with Gasteiger partial charge in [0.2, 0.25) is 0 Å². The van der Waals surface area contributed by atoms with Gasteiger partial charge in [0.1, 0.15) is 15.0 Å². The Morgan fingerprint density at radius 3 is 2.95 bits per heavy atom. The average molecular weight is 311 g/mol. The number of nitrogens with zero attached hydrogens (tertiary/aromatic N) is 2. The van der Waals surface area contributed by atoms with Crippen LogP contribution in [0.2, 0.25) is 5.15 Å². The summed E-state index contributed by atoms with van der Waals surface area (Å²) in [6, 6.07) is 4.84. The summed E-state index contributed by atoms with van der Waals surface area (Å²) in [6.07, 6.45) is 0. The molecule has 1 amide bonds. The van der Waals surface area contributed by atoms with Crippen LogP contribution in [-0.4, -0.2) is 15.9 Å². The molecule has 0 aromatic carbocycles. The molecule has 3 aromatic heterocycles. The fourth-order valence-corrected chi connectivity index (χ4v) is 3.59. The molecule has 96 valence electrons. The van der Waals surface area contributed by atoms with E-state index in [4.69, 9.17) is 17.3 Å². The molecule has 0 unspecified atom stereocenters. The van der Waals surface area contributed by atoms with Gasteiger partial charge >= 0.3 is 0 Å². The fourth-order valence-electron chi connectivity index (χ4n) is 1.54. The summed E-state index contributed by atoms with van der Waals surface area (Å²) in [6.45, 7) is 0. The maximum absolute atomic E-state index is 12.0. The van der Waals surface area contributed by atoms with Crippen molar-refractivity contribution in [2.75, 3.05) is 11.1 Å². The molecule has 0 aliphatic carbocycles. The second kappa shape index (κ2) is 4.76. The molecule has 0 fully saturated rings. The van der Waals surface area contributed by atoms with Crippen LogP contribution >= 0.6 is 34.3 Å². The number of carbonyl (C=O) groups is 1. The van der Waals surface area contributed by atoms with Gasteiger partial charge in [-0.3, -0.25) is 10.1 Å². The topological polar surface area (TPSA) is 80.9 Å². The predicted molar refractivity (Wildman–Crippen MR) is 79.1 cm³/mol. The second-order valence-corrected chi connectivity index (χ2v) is 6.23. The monoisotopic (exact) mass is 310 g/mol. The summed E-state index contributed by atoms with van der Waals surface area (Å²) >= 11 is 8.78. The highest BCUT2D eigenvalue weighted by molar-refractivity contribution is 7.39. The van der Waals surface area contributed by atoms with E-state index in [1.807, 2.05) is 11.4 Å². The summed E-state index contributed by atoms with van der Waals surface area (Å²) in [7, 11) is 0. The van der Waals surface area contributed by atoms with E-state index in [0.717, 1.165) is 9.53 Å². The zero-order chi connectivity index (χ0) is 13.4. The Kier molecular flexibility index (Phi) is 3.09. The Bertz CT molecular complexity index is 718. The highest BCUT2D eigenvalue weighted by Crippen LogP contribution is 2.30. The van der Waals surface area contributed by atoms with Crippen molar-refractivity contribution in [3.63, 3.8) is 0 Å². The van der Waals surface area contributed by atoms with Crippen LogP contribution in [0, 0.1) is 0 Å². The molecule has 3 rings (SSSR count). The maximum Gasteiger partial charge on any atom is 0.257 e. The minimum Gasteiger partial charge on any atom is -0.384 e. The zero-order valence-electron chi connectivity index (χ0n) is 9.38. The van der Waals surface area contributed by atoms with E-state index < -0.39 is 0 Å². The fraction of sp³-hybridized carbons (Fsp3) is 0. The van der Waals surface area contributed by atoms with Crippen LogP contribution in [0.5, 0.6) is 0 Å². The quantitative estimate of drug-likeness (QED) is 0.712. The van der Waals surface area contributed by atoms with Crippen LogP contribution < -0.4 is 11.1 Å². The van der Waals surface area contributed by atoms with Crippen LogP contribution in [-0.2, 0) is 0 Å². The van der Waals surface area contributed by atoms with Crippen LogP contribution in [0.15, 0.2) is 23.6 Å². The van der Waals surface area contributed by atoms with Gasteiger partial charge in [-0.1, -0.05) is 22.9 Å². The lowest BCUT2D eigenvalue weighted by Gasteiger charge is -2.03. The summed E-state index contributed by atoms with van der Waals surface area (Å²) in [4.78, 5) is 20.1. The van der Waals surface area contributed by atoms with Gasteiger partial charge in [0.25, 0.3) is 5.91 Å². The molecule has 0 saturated carbocycles. The summed E-state index contributed by atoms with van der Waals surface area (Å²) < 4.78 is 1.07. The van der Waals surface area contributed by atoms with Gasteiger partial charge in [-0.25, -0.2) is 9.97 Å². The first-order chi connectivity index (χ1) is 9.11. The van der Waals surface area contributed by atoms with Crippen LogP contribution in [0.25, 0.3) is 9.53 Å². The van der Waals surface area contributed by atoms with E-state index in [9.17, 15) is 4.79 Å². The minimum atomic E-state index is -0.308. The molecule has 3 N–H and O–H groups in total. The average Bonchev–Trinajstić information content (AvgIpc) is 2.88. The van der Waals surface area contributed by atoms with Crippen molar-refractivity contribution in [2.24, 2.45) is 0 Å². The molecule has 0 atom stereocenters. The summed E-state index contributed by atoms with van der Waals surface area (Å²) in [5, 5.41) is 5.42. The lowest BCUT2D eigenvalue weighted by molar-refractivity contribution is 0.102. The Labute approximate surface area is 121 Å². The van der Waals surface area contributed by atoms with Gasteiger partial charge in [0, 0.05) is 5.56 Å². The van der Waals surface area contributed by atoms with E-state index in [0.29, 0.717) is 10.7 Å². The van der Waals surface area contributed by atoms with Crippen molar-refractivity contribution in [1.82, 2.24) is 9.97 Å². The number of anilines is 2. The first-order valence-corrected chi connectivity index (χ1v) is 7.28. The van der Waals surface area contributed by atoms with Crippen LogP contribution in [0.4, 0.5) is 10.9 Å². The van der Waals surface area contributed by atoms with Gasteiger partial charge in [0.05, 0.1) is 5.52 Å². The maximum atomic E-state index is 12.0. The molecule has 0 spiro atoms. The molecule has 5 nitrogen and oxygen atoms in total. The van der Waals surface area contributed by atoms with E-state index in [2.05, 4.69) is 15.3 Å². The number of nitrogen functional groups attached to an aromatic ring is 1. The number of nitrogens with two attached hydrogens (primary N) is 1. The third-order valence-corrected chi connectivity index (χ3v) is 4.53. The number of carbonyl (C=O) groups excluding carboxylic acids is 1. The Morgan fingerprint density at radius 1 is 1.37 bits per heavy atom. The number of thiazole rings is 1. The molecule has 19 heavy (non-hydrogen) atoms. The molecular weight excluding hydrogens is 304 g/mol. The highest BCUT2D eigenvalue weighted by Gasteiger charge is 2.12. The summed E-state index contributed by atoms with van der Waals surface area (Å²) in [5.41, 5.74) is 6.79. The van der Waals surface area contributed by atoms with Crippen LogP contribution in [0.1, 0.15) is 10.4 Å². The lowest BCUT2D eigenvalue weighted by atomic mass is 10.2. The Morgan fingerprint density at radius 2 is 2.21 bits per heavy atom. The third kappa shape index (κ3) is 2.53. The standard InChI is InChI=1S/C11H7ClN4OS2/c12-7-3-5(4-8(13)15-7)9(17)16-11-14-6-1-2-18-10(6)19-11/h1-4H,(H2,13,15)(H,14,16,17). The molecule has 0 bridgehead atoms. The van der Waals surface area contributed by atoms with E-state index >= 15 is 0 Å². The van der Waals surface area contributed by atoms with E-state index in [-0.39, 0.29) is 16.9 Å². The van der Waals surface area contributed by atoms with Crippen molar-refractivity contribution in [2.45, 2.75) is 0 Å². The van der Waals surface area contributed by atoms with Gasteiger partial charge in [-0.05, 0) is 23.6 Å². The second-order valence-electron chi connectivity index (χ2n) is 3.67. The zero-order valence-corrected chi connectivity index (χ0v) is 11.8. The Balaban J connectivity index is 1.86. The first-order valence-electron chi connectivity index (χ1n) is 5.20. The van der Waals surface area contributed by atoms with Crippen molar-refractivity contribution < 1.29 is 4.79 Å². The number of pyridine rings is 1. The van der Waals surface area contributed by atoms with Crippen molar-refractivity contribution in [1.29, 1.82) is 0 Å². The largest absolute Gasteiger partial charge is 0.384 e. The van der Waals surface area contributed by atoms with E-state index in [1.54, 1.807) is 11.3 Å². The number of nitrogens with one attached hydrogen (secondary N) is 1. The van der Waals surface area contributed by atoms with Gasteiger partial charge in [0.15, 0.2) is 5.13 Å². The van der Waals surface area contributed by atoms with Crippen LogP contribution in [0.3, 0.4) is 0 Å². The number of halogens is 1. The van der Waals surface area contributed by atoms with Crippen molar-refractivity contribution in [3.8, 4) is 0 Å². The molecule has 3 heterocycles. The first kappa shape index (κ1) is 12.3. The number of rotatable bonds is 2. The highest BCUT2D eigenvalue weighted by atomic mass is 35.5. The molecule has 0 aliphatic rings. The molecule has 0 radical (unpaired) electrons. The smallest absolute Gasteiger partial charge is 0.257 e. The molecule has 0 saturated heterocycles. The number of thiophene rings is 1. The number of amides is 1. The normalized spacial score (nSPS) is 10.8. The minimum absolute atomic E-state index is 0.185. The number of hydrogen-bond donors (Lipinski definition) is 2. The van der Waals surface area contributed by atoms with Gasteiger partial charge in [-0.2, -0.15) is 0 Å². The molecule has 8 heteroatoms.